The standard InChI is InChI=1S/C22H21FN6O2/c23-18-8-6-16(7-9-18)12-29-21(30)11-10-19(27-29)22(31)26-20(13-28-15-24-14-25-28)17-4-2-1-3-5-17/h1-9,14-15,20H,10-13H2,(H,26,31). The number of hydrogen-bond donors (Lipinski definition) is 1. The number of hydrogen-bond acceptors (Lipinski definition) is 5. The van der Waals surface area contributed by atoms with Gasteiger partial charge in [-0.15, -0.1) is 0 Å². The fourth-order valence-electron chi connectivity index (χ4n) is 3.33. The molecule has 1 aromatic heterocycles. The molecule has 0 saturated carbocycles. The molecule has 0 spiro atoms. The van der Waals surface area contributed by atoms with Crippen molar-refractivity contribution in [1.29, 1.82) is 0 Å². The molecular formula is C22H21FN6O2. The summed E-state index contributed by atoms with van der Waals surface area (Å²) in [5, 5.41) is 12.7. The van der Waals surface area contributed by atoms with Gasteiger partial charge in [-0.25, -0.2) is 14.4 Å². The lowest BCUT2D eigenvalue weighted by molar-refractivity contribution is -0.132. The lowest BCUT2D eigenvalue weighted by Crippen LogP contribution is -2.41. The molecular weight excluding hydrogens is 399 g/mol. The zero-order chi connectivity index (χ0) is 21.6. The number of benzene rings is 2. The summed E-state index contributed by atoms with van der Waals surface area (Å²) in [7, 11) is 0. The van der Waals surface area contributed by atoms with Gasteiger partial charge in [0.2, 0.25) is 5.91 Å². The molecule has 8 nitrogen and oxygen atoms in total. The Labute approximate surface area is 178 Å². The number of aromatic nitrogens is 3. The molecule has 31 heavy (non-hydrogen) atoms. The van der Waals surface area contributed by atoms with Crippen molar-refractivity contribution >= 4 is 17.5 Å². The molecule has 1 N–H and O–H groups in total. The zero-order valence-corrected chi connectivity index (χ0v) is 16.7. The van der Waals surface area contributed by atoms with Crippen LogP contribution in [0.4, 0.5) is 4.39 Å². The number of halogens is 1. The van der Waals surface area contributed by atoms with Crippen molar-refractivity contribution in [2.45, 2.75) is 32.0 Å². The maximum atomic E-state index is 13.1. The van der Waals surface area contributed by atoms with Crippen LogP contribution < -0.4 is 5.32 Å². The summed E-state index contributed by atoms with van der Waals surface area (Å²) in [4.78, 5) is 29.2. The first-order chi connectivity index (χ1) is 15.1. The Morgan fingerprint density at radius 2 is 1.87 bits per heavy atom. The molecule has 4 rings (SSSR count). The van der Waals surface area contributed by atoms with Crippen LogP contribution in [0.1, 0.15) is 30.0 Å². The van der Waals surface area contributed by atoms with Crippen LogP contribution in [0.25, 0.3) is 0 Å². The molecule has 0 fully saturated rings. The Hall–Kier alpha value is -3.88. The number of rotatable bonds is 7. The highest BCUT2D eigenvalue weighted by molar-refractivity contribution is 6.39. The maximum Gasteiger partial charge on any atom is 0.268 e. The minimum Gasteiger partial charge on any atom is -0.342 e. The third-order valence-corrected chi connectivity index (χ3v) is 4.96. The van der Waals surface area contributed by atoms with E-state index >= 15 is 0 Å². The van der Waals surface area contributed by atoms with Crippen molar-refractivity contribution in [2.75, 3.05) is 0 Å². The predicted molar refractivity (Wildman–Crippen MR) is 111 cm³/mol. The Kier molecular flexibility index (Phi) is 6.11. The predicted octanol–water partition coefficient (Wildman–Crippen LogP) is 2.45. The quantitative estimate of drug-likeness (QED) is 0.636. The molecule has 0 saturated heterocycles. The molecule has 1 aliphatic rings. The van der Waals surface area contributed by atoms with E-state index in [0.29, 0.717) is 6.54 Å². The van der Waals surface area contributed by atoms with Gasteiger partial charge in [-0.2, -0.15) is 10.2 Å². The number of nitrogens with one attached hydrogen (secondary N) is 1. The van der Waals surface area contributed by atoms with Crippen LogP contribution in [0.5, 0.6) is 0 Å². The van der Waals surface area contributed by atoms with Crippen LogP contribution in [-0.4, -0.2) is 37.3 Å². The minimum atomic E-state index is -0.350. The van der Waals surface area contributed by atoms with E-state index in [0.717, 1.165) is 11.1 Å². The van der Waals surface area contributed by atoms with E-state index in [2.05, 4.69) is 20.5 Å². The molecule has 1 atom stereocenters. The number of hydrazone groups is 1. The van der Waals surface area contributed by atoms with Crippen LogP contribution in [0.2, 0.25) is 0 Å². The van der Waals surface area contributed by atoms with Gasteiger partial charge in [0.05, 0.1) is 19.1 Å². The van der Waals surface area contributed by atoms with Crippen LogP contribution >= 0.6 is 0 Å². The number of nitrogens with zero attached hydrogens (tertiary/aromatic N) is 5. The fourth-order valence-corrected chi connectivity index (χ4v) is 3.33. The van der Waals surface area contributed by atoms with E-state index in [1.165, 1.54) is 23.5 Å². The molecule has 2 amide bonds. The zero-order valence-electron chi connectivity index (χ0n) is 16.7. The average Bonchev–Trinajstić information content (AvgIpc) is 3.30. The number of carbonyl (C=O) groups is 2. The maximum absolute atomic E-state index is 13.1. The van der Waals surface area contributed by atoms with E-state index in [1.807, 2.05) is 30.3 Å². The van der Waals surface area contributed by atoms with Crippen molar-refractivity contribution in [3.05, 3.63) is 84.2 Å². The number of amides is 2. The van der Waals surface area contributed by atoms with E-state index in [4.69, 9.17) is 0 Å². The Morgan fingerprint density at radius 1 is 1.10 bits per heavy atom. The normalized spacial score (nSPS) is 14.8. The van der Waals surface area contributed by atoms with Gasteiger partial charge in [0.25, 0.3) is 5.91 Å². The SMILES string of the molecule is O=C(NC(Cn1cncn1)c1ccccc1)C1=NN(Cc2ccc(F)cc2)C(=O)CC1. The summed E-state index contributed by atoms with van der Waals surface area (Å²) in [5.74, 6) is -0.870. The first kappa shape index (κ1) is 20.4. The minimum absolute atomic E-state index is 0.178. The summed E-state index contributed by atoms with van der Waals surface area (Å²) < 4.78 is 14.8. The smallest absolute Gasteiger partial charge is 0.268 e. The van der Waals surface area contributed by atoms with Gasteiger partial charge in [-0.1, -0.05) is 42.5 Å². The Morgan fingerprint density at radius 3 is 2.58 bits per heavy atom. The summed E-state index contributed by atoms with van der Waals surface area (Å²) in [6, 6.07) is 15.1. The number of carbonyl (C=O) groups excluding carboxylic acids is 2. The molecule has 1 aliphatic heterocycles. The Balaban J connectivity index is 1.50. The van der Waals surface area contributed by atoms with Gasteiger partial charge in [0.1, 0.15) is 24.2 Å². The van der Waals surface area contributed by atoms with Crippen molar-refractivity contribution in [1.82, 2.24) is 25.1 Å². The van der Waals surface area contributed by atoms with Crippen molar-refractivity contribution in [2.24, 2.45) is 5.10 Å². The molecule has 3 aromatic rings. The van der Waals surface area contributed by atoms with Crippen LogP contribution in [0, 0.1) is 5.82 Å². The summed E-state index contributed by atoms with van der Waals surface area (Å²) >= 11 is 0. The van der Waals surface area contributed by atoms with E-state index < -0.39 is 0 Å². The van der Waals surface area contributed by atoms with Gasteiger partial charge in [-0.3, -0.25) is 14.3 Å². The third kappa shape index (κ3) is 5.19. The lowest BCUT2D eigenvalue weighted by Gasteiger charge is -2.25. The molecule has 0 radical (unpaired) electrons. The fraction of sp³-hybridized carbons (Fsp3) is 0.227. The molecule has 0 aliphatic carbocycles. The van der Waals surface area contributed by atoms with E-state index in [9.17, 15) is 14.0 Å². The highest BCUT2D eigenvalue weighted by Crippen LogP contribution is 2.17. The Bertz CT molecular complexity index is 1070. The highest BCUT2D eigenvalue weighted by atomic mass is 19.1. The van der Waals surface area contributed by atoms with Crippen LogP contribution in [0.15, 0.2) is 72.4 Å². The first-order valence-corrected chi connectivity index (χ1v) is 9.89. The molecule has 9 heteroatoms. The second-order valence-corrected chi connectivity index (χ2v) is 7.18. The van der Waals surface area contributed by atoms with Crippen molar-refractivity contribution in [3.8, 4) is 0 Å². The molecule has 158 valence electrons. The topological polar surface area (TPSA) is 92.5 Å². The molecule has 2 aromatic carbocycles. The molecule has 0 bridgehead atoms. The van der Waals surface area contributed by atoms with Crippen LogP contribution in [0.3, 0.4) is 0 Å². The summed E-state index contributed by atoms with van der Waals surface area (Å²) in [6.07, 6.45) is 3.47. The van der Waals surface area contributed by atoms with Crippen molar-refractivity contribution in [3.63, 3.8) is 0 Å². The van der Waals surface area contributed by atoms with E-state index in [-0.39, 0.29) is 48.8 Å². The van der Waals surface area contributed by atoms with Crippen LogP contribution in [-0.2, 0) is 22.7 Å². The summed E-state index contributed by atoms with van der Waals surface area (Å²) in [6.45, 7) is 0.582. The highest BCUT2D eigenvalue weighted by Gasteiger charge is 2.26. The van der Waals surface area contributed by atoms with Gasteiger partial charge < -0.3 is 5.32 Å². The first-order valence-electron chi connectivity index (χ1n) is 9.89. The molecule has 2 heterocycles. The average molecular weight is 420 g/mol. The molecule has 1 unspecified atom stereocenters. The van der Waals surface area contributed by atoms with Gasteiger partial charge in [-0.05, 0) is 23.3 Å². The second-order valence-electron chi connectivity index (χ2n) is 7.18. The van der Waals surface area contributed by atoms with Gasteiger partial charge in [0.15, 0.2) is 0 Å². The lowest BCUT2D eigenvalue weighted by atomic mass is 10.1. The van der Waals surface area contributed by atoms with Gasteiger partial charge >= 0.3 is 0 Å². The summed E-state index contributed by atoms with van der Waals surface area (Å²) in [5.41, 5.74) is 1.93. The second kappa shape index (κ2) is 9.29. The third-order valence-electron chi connectivity index (χ3n) is 4.96. The monoisotopic (exact) mass is 420 g/mol. The largest absolute Gasteiger partial charge is 0.342 e. The van der Waals surface area contributed by atoms with Crippen molar-refractivity contribution < 1.29 is 14.0 Å². The van der Waals surface area contributed by atoms with Gasteiger partial charge in [0, 0.05) is 12.8 Å². The van der Waals surface area contributed by atoms with E-state index in [1.54, 1.807) is 23.1 Å².